The van der Waals surface area contributed by atoms with Crippen molar-refractivity contribution in [2.45, 2.75) is 66.0 Å². The van der Waals surface area contributed by atoms with Gasteiger partial charge in [0.1, 0.15) is 18.2 Å². The molecule has 0 aliphatic heterocycles. The van der Waals surface area contributed by atoms with Gasteiger partial charge in [0, 0.05) is 18.1 Å². The molecule has 3 atom stereocenters. The van der Waals surface area contributed by atoms with Crippen molar-refractivity contribution in [1.82, 2.24) is 0 Å². The summed E-state index contributed by atoms with van der Waals surface area (Å²) in [6, 6.07) is 14.4. The van der Waals surface area contributed by atoms with Crippen molar-refractivity contribution in [3.8, 4) is 5.75 Å². The lowest BCUT2D eigenvalue weighted by atomic mass is 9.77. The van der Waals surface area contributed by atoms with E-state index in [0.717, 1.165) is 11.1 Å². The maximum absolute atomic E-state index is 14.0. The molecule has 1 unspecified atom stereocenters. The number of rotatable bonds is 9. The van der Waals surface area contributed by atoms with Crippen molar-refractivity contribution in [3.05, 3.63) is 65.5 Å². The van der Waals surface area contributed by atoms with Crippen molar-refractivity contribution in [3.63, 3.8) is 0 Å². The van der Waals surface area contributed by atoms with Gasteiger partial charge in [-0.15, -0.1) is 0 Å². The molecule has 0 saturated heterocycles. The molecule has 2 aromatic rings. The van der Waals surface area contributed by atoms with Gasteiger partial charge < -0.3 is 14.3 Å². The van der Waals surface area contributed by atoms with Gasteiger partial charge in [-0.05, 0) is 42.1 Å². The first-order valence-corrected chi connectivity index (χ1v) is 13.2. The third kappa shape index (κ3) is 7.25. The Labute approximate surface area is 176 Å². The summed E-state index contributed by atoms with van der Waals surface area (Å²) in [5, 5.41) is 10.9. The third-order valence-corrected chi connectivity index (χ3v) is 6.27. The summed E-state index contributed by atoms with van der Waals surface area (Å²) in [4.78, 5) is 0. The largest absolute Gasteiger partial charge is 0.488 e. The smallest absolute Gasteiger partial charge is 0.171 e. The molecule has 160 valence electrons. The highest BCUT2D eigenvalue weighted by Gasteiger charge is 2.31. The molecule has 0 aliphatic rings. The Hall–Kier alpha value is -1.69. The van der Waals surface area contributed by atoms with Gasteiger partial charge in [-0.2, -0.15) is 0 Å². The van der Waals surface area contributed by atoms with Gasteiger partial charge in [0.15, 0.2) is 9.04 Å². The Kier molecular flexibility index (Phi) is 8.43. The Balaban J connectivity index is 2.27. The van der Waals surface area contributed by atoms with Crippen LogP contribution in [-0.2, 0) is 11.0 Å². The minimum absolute atomic E-state index is 0.0192. The fourth-order valence-corrected chi connectivity index (χ4v) is 4.13. The quantitative estimate of drug-likeness (QED) is 0.517. The van der Waals surface area contributed by atoms with Gasteiger partial charge in [-0.25, -0.2) is 4.39 Å². The molecular weight excluding hydrogens is 383 g/mol. The van der Waals surface area contributed by atoms with E-state index in [1.54, 1.807) is 6.07 Å². The van der Waals surface area contributed by atoms with E-state index in [1.807, 2.05) is 30.3 Å². The van der Waals surface area contributed by atoms with Gasteiger partial charge in [0.2, 0.25) is 0 Å². The predicted molar refractivity (Wildman–Crippen MR) is 119 cm³/mol. The molecule has 0 aromatic heterocycles. The third-order valence-electron chi connectivity index (χ3n) is 5.39. The van der Waals surface area contributed by atoms with E-state index in [1.165, 1.54) is 12.1 Å². The van der Waals surface area contributed by atoms with Crippen LogP contribution in [0.5, 0.6) is 5.75 Å². The Bertz CT molecular complexity index is 758. The highest BCUT2D eigenvalue weighted by Crippen LogP contribution is 2.37. The molecule has 0 heterocycles. The fraction of sp³-hybridized carbons (Fsp3) is 0.500. The second kappa shape index (κ2) is 10.4. The molecule has 0 saturated carbocycles. The number of aliphatic hydroxyl groups is 1. The summed E-state index contributed by atoms with van der Waals surface area (Å²) in [6.07, 6.45) is -0.399. The normalized spacial score (nSPS) is 15.2. The van der Waals surface area contributed by atoms with Crippen molar-refractivity contribution >= 4 is 9.04 Å². The molecule has 0 amide bonds. The Morgan fingerprint density at radius 2 is 1.72 bits per heavy atom. The van der Waals surface area contributed by atoms with Crippen molar-refractivity contribution in [1.29, 1.82) is 0 Å². The number of ether oxygens (including phenoxy) is 1. The number of hydrogen-bond donors (Lipinski definition) is 1. The summed E-state index contributed by atoms with van der Waals surface area (Å²) in [7, 11) is -1.40. The molecule has 29 heavy (non-hydrogen) atoms. The standard InChI is InChI=1S/C24H35FO3Si/c1-17(24(2,3)4)21(26)15-23(28-29(5)6)20-13-12-19(25)14-22(20)27-16-18-10-8-7-9-11-18/h7-14,17,21,23,26,29H,15-16H2,1-6H3/t17-,21+,23?/m1/s1. The molecule has 5 heteroatoms. The van der Waals surface area contributed by atoms with Crippen LogP contribution >= 0.6 is 0 Å². The van der Waals surface area contributed by atoms with Gasteiger partial charge >= 0.3 is 0 Å². The topological polar surface area (TPSA) is 38.7 Å². The van der Waals surface area contributed by atoms with E-state index in [9.17, 15) is 9.50 Å². The molecule has 0 aliphatic carbocycles. The van der Waals surface area contributed by atoms with Crippen LogP contribution in [0, 0.1) is 17.2 Å². The van der Waals surface area contributed by atoms with Crippen LogP contribution in [0.1, 0.15) is 51.3 Å². The predicted octanol–water partition coefficient (Wildman–Crippen LogP) is 5.88. The van der Waals surface area contributed by atoms with Gasteiger partial charge in [-0.1, -0.05) is 58.0 Å². The maximum Gasteiger partial charge on any atom is 0.171 e. The SMILES string of the molecule is C[C@H]([C@@H](O)CC(O[SiH](C)C)c1ccc(F)cc1OCc1ccccc1)C(C)(C)C. The molecule has 2 aromatic carbocycles. The lowest BCUT2D eigenvalue weighted by Crippen LogP contribution is -2.32. The Morgan fingerprint density at radius 3 is 2.31 bits per heavy atom. The lowest BCUT2D eigenvalue weighted by Gasteiger charge is -2.34. The minimum atomic E-state index is -1.40. The second-order valence-electron chi connectivity index (χ2n) is 9.09. The van der Waals surface area contributed by atoms with Crippen molar-refractivity contribution in [2.24, 2.45) is 11.3 Å². The van der Waals surface area contributed by atoms with Gasteiger partial charge in [0.05, 0.1) is 12.2 Å². The van der Waals surface area contributed by atoms with Crippen LogP contribution < -0.4 is 4.74 Å². The summed E-state index contributed by atoms with van der Waals surface area (Å²) < 4.78 is 26.3. The zero-order chi connectivity index (χ0) is 21.6. The molecule has 2 rings (SSSR count). The highest BCUT2D eigenvalue weighted by molar-refractivity contribution is 6.48. The molecule has 0 fully saturated rings. The van der Waals surface area contributed by atoms with Crippen LogP contribution in [0.4, 0.5) is 4.39 Å². The average Bonchev–Trinajstić information content (AvgIpc) is 2.65. The molecule has 0 radical (unpaired) electrons. The van der Waals surface area contributed by atoms with Crippen LogP contribution in [0.15, 0.2) is 48.5 Å². The number of hydrogen-bond acceptors (Lipinski definition) is 3. The summed E-state index contributed by atoms with van der Waals surface area (Å²) in [5.41, 5.74) is 1.79. The summed E-state index contributed by atoms with van der Waals surface area (Å²) >= 11 is 0. The first-order chi connectivity index (χ1) is 13.6. The second-order valence-corrected chi connectivity index (χ2v) is 11.5. The van der Waals surface area contributed by atoms with Crippen LogP contribution in [-0.4, -0.2) is 20.3 Å². The average molecular weight is 419 g/mol. The van der Waals surface area contributed by atoms with E-state index in [4.69, 9.17) is 9.16 Å². The van der Waals surface area contributed by atoms with Crippen molar-refractivity contribution in [2.75, 3.05) is 0 Å². The van der Waals surface area contributed by atoms with Crippen LogP contribution in [0.2, 0.25) is 13.1 Å². The molecule has 3 nitrogen and oxygen atoms in total. The lowest BCUT2D eigenvalue weighted by molar-refractivity contribution is 0.0165. The molecular formula is C24H35FO3Si. The fourth-order valence-electron chi connectivity index (χ4n) is 3.22. The number of halogens is 1. The zero-order valence-electron chi connectivity index (χ0n) is 18.5. The first-order valence-electron chi connectivity index (χ1n) is 10.4. The molecule has 1 N–H and O–H groups in total. The van der Waals surface area contributed by atoms with E-state index in [2.05, 4.69) is 40.8 Å². The van der Waals surface area contributed by atoms with Crippen LogP contribution in [0.3, 0.4) is 0 Å². The van der Waals surface area contributed by atoms with Crippen LogP contribution in [0.25, 0.3) is 0 Å². The summed E-state index contributed by atoms with van der Waals surface area (Å²) in [6.45, 7) is 13.0. The monoisotopic (exact) mass is 418 g/mol. The van der Waals surface area contributed by atoms with E-state index in [-0.39, 0.29) is 23.3 Å². The van der Waals surface area contributed by atoms with Gasteiger partial charge in [-0.3, -0.25) is 0 Å². The highest BCUT2D eigenvalue weighted by atomic mass is 28.3. The number of benzene rings is 2. The zero-order valence-corrected chi connectivity index (χ0v) is 19.6. The van der Waals surface area contributed by atoms with Crippen molar-refractivity contribution < 1.29 is 18.7 Å². The summed E-state index contributed by atoms with van der Waals surface area (Å²) in [5.74, 6) is 0.224. The van der Waals surface area contributed by atoms with E-state index >= 15 is 0 Å². The number of aliphatic hydroxyl groups excluding tert-OH is 1. The maximum atomic E-state index is 14.0. The molecule has 0 bridgehead atoms. The molecule has 0 spiro atoms. The van der Waals surface area contributed by atoms with Gasteiger partial charge in [0.25, 0.3) is 0 Å². The first kappa shape index (κ1) is 23.6. The van der Waals surface area contributed by atoms with E-state index < -0.39 is 15.1 Å². The minimum Gasteiger partial charge on any atom is -0.488 e. The Morgan fingerprint density at radius 1 is 1.07 bits per heavy atom. The van der Waals surface area contributed by atoms with E-state index in [0.29, 0.717) is 18.8 Å².